The van der Waals surface area contributed by atoms with E-state index in [1.165, 1.54) is 6.92 Å². The van der Waals surface area contributed by atoms with Crippen LogP contribution in [0.4, 0.5) is 13.2 Å². The van der Waals surface area contributed by atoms with Gasteiger partial charge in [-0.05, 0) is 32.0 Å². The van der Waals surface area contributed by atoms with Gasteiger partial charge in [-0.25, -0.2) is 13.2 Å². The molecule has 0 spiro atoms. The fourth-order valence-corrected chi connectivity index (χ4v) is 1.99. The maximum absolute atomic E-state index is 12.5. The van der Waals surface area contributed by atoms with Crippen molar-refractivity contribution >= 4 is 16.1 Å². The summed E-state index contributed by atoms with van der Waals surface area (Å²) in [5.74, 6) is -3.13. The first-order valence-corrected chi connectivity index (χ1v) is 8.77. The molecule has 0 amide bonds. The van der Waals surface area contributed by atoms with Crippen LogP contribution in [0.5, 0.6) is 11.5 Å². The molecule has 1 aromatic rings. The Morgan fingerprint density at radius 2 is 1.92 bits per heavy atom. The first-order chi connectivity index (χ1) is 11.9. The fraction of sp³-hybridized carbons (Fsp3) is 0.500. The molecule has 1 unspecified atom stereocenters. The molecule has 0 N–H and O–H groups in total. The molecule has 1 rings (SSSR count). The third-order valence-corrected chi connectivity index (χ3v) is 3.33. The van der Waals surface area contributed by atoms with Gasteiger partial charge in [-0.2, -0.15) is 0 Å². The normalized spacial score (nSPS) is 13.2. The highest BCUT2D eigenvalue weighted by molar-refractivity contribution is 7.85. The lowest BCUT2D eigenvalue weighted by Crippen LogP contribution is -2.21. The Labute approximate surface area is 147 Å². The van der Waals surface area contributed by atoms with Gasteiger partial charge in [-0.15, -0.1) is 13.2 Å². The smallest absolute Gasteiger partial charge is 0.573 e. The zero-order chi connectivity index (χ0) is 20.0. The van der Waals surface area contributed by atoms with E-state index in [0.29, 0.717) is 0 Å². The molecule has 0 heterocycles. The van der Waals surface area contributed by atoms with Crippen molar-refractivity contribution in [3.05, 3.63) is 23.8 Å². The standard InChI is InChI=1S/C14H17F3O8S/c1-3-22-9(2)24-12-8-10(4-5-11(12)25-14(15,16)17)13(18)23-6-7-26(19,20)21/h4-5,8-9H,3,6-7H2,1-2H3,(H,19,20,21)/p-1. The lowest BCUT2D eigenvalue weighted by Gasteiger charge is -2.19. The van der Waals surface area contributed by atoms with Gasteiger partial charge in [-0.1, -0.05) is 0 Å². The van der Waals surface area contributed by atoms with Crippen LogP contribution >= 0.6 is 0 Å². The summed E-state index contributed by atoms with van der Waals surface area (Å²) < 4.78 is 87.4. The quantitative estimate of drug-likeness (QED) is 0.351. The lowest BCUT2D eigenvalue weighted by molar-refractivity contribution is -0.275. The monoisotopic (exact) mass is 401 g/mol. The van der Waals surface area contributed by atoms with Gasteiger partial charge in [-0.3, -0.25) is 0 Å². The molecule has 8 nitrogen and oxygen atoms in total. The SMILES string of the molecule is CCOC(C)Oc1cc(C(=O)OCCS(=O)(=O)[O-])ccc1OC(F)(F)F. The van der Waals surface area contributed by atoms with Gasteiger partial charge in [0.2, 0.25) is 0 Å². The van der Waals surface area contributed by atoms with E-state index < -0.39 is 52.6 Å². The number of halogens is 3. The largest absolute Gasteiger partial charge is 0.748 e. The summed E-state index contributed by atoms with van der Waals surface area (Å²) in [6.45, 7) is 2.59. The number of alkyl halides is 3. The van der Waals surface area contributed by atoms with E-state index in [-0.39, 0.29) is 12.2 Å². The molecule has 0 bridgehead atoms. The van der Waals surface area contributed by atoms with E-state index in [1.54, 1.807) is 6.92 Å². The molecule has 0 saturated heterocycles. The molecule has 12 heteroatoms. The van der Waals surface area contributed by atoms with Crippen LogP contribution in [-0.4, -0.2) is 50.6 Å². The average molecular weight is 401 g/mol. The van der Waals surface area contributed by atoms with Crippen molar-refractivity contribution in [1.29, 1.82) is 0 Å². The van der Waals surface area contributed by atoms with Gasteiger partial charge in [0.15, 0.2) is 17.8 Å². The molecular weight excluding hydrogens is 385 g/mol. The van der Waals surface area contributed by atoms with Crippen molar-refractivity contribution in [1.82, 2.24) is 0 Å². The highest BCUT2D eigenvalue weighted by Crippen LogP contribution is 2.34. The number of carbonyl (C=O) groups excluding carboxylic acids is 1. The predicted molar refractivity (Wildman–Crippen MR) is 79.7 cm³/mol. The van der Waals surface area contributed by atoms with E-state index in [1.807, 2.05) is 0 Å². The molecule has 148 valence electrons. The molecule has 0 aliphatic rings. The fourth-order valence-electron chi connectivity index (χ4n) is 1.70. The molecule has 1 aromatic carbocycles. The number of benzene rings is 1. The van der Waals surface area contributed by atoms with Crippen molar-refractivity contribution in [2.45, 2.75) is 26.5 Å². The number of esters is 1. The minimum atomic E-state index is -4.99. The third-order valence-electron chi connectivity index (χ3n) is 2.67. The predicted octanol–water partition coefficient (Wildman–Crippen LogP) is 2.05. The van der Waals surface area contributed by atoms with Crippen LogP contribution < -0.4 is 9.47 Å². The molecule has 0 aromatic heterocycles. The van der Waals surface area contributed by atoms with Crippen molar-refractivity contribution in [2.24, 2.45) is 0 Å². The Morgan fingerprint density at radius 3 is 2.46 bits per heavy atom. The minimum absolute atomic E-state index is 0.224. The van der Waals surface area contributed by atoms with Gasteiger partial charge in [0.1, 0.15) is 6.61 Å². The van der Waals surface area contributed by atoms with Gasteiger partial charge in [0, 0.05) is 6.61 Å². The first kappa shape index (κ1) is 22.0. The van der Waals surface area contributed by atoms with Crippen molar-refractivity contribution in [2.75, 3.05) is 19.0 Å². The molecule has 26 heavy (non-hydrogen) atoms. The highest BCUT2D eigenvalue weighted by Gasteiger charge is 2.33. The Morgan fingerprint density at radius 1 is 1.27 bits per heavy atom. The van der Waals surface area contributed by atoms with Crippen LogP contribution in [0.3, 0.4) is 0 Å². The van der Waals surface area contributed by atoms with Crippen LogP contribution in [0, 0.1) is 0 Å². The number of rotatable bonds is 9. The van der Waals surface area contributed by atoms with E-state index >= 15 is 0 Å². The lowest BCUT2D eigenvalue weighted by atomic mass is 10.2. The number of carbonyl (C=O) groups is 1. The van der Waals surface area contributed by atoms with Crippen molar-refractivity contribution in [3.8, 4) is 11.5 Å². The molecule has 0 radical (unpaired) electrons. The zero-order valence-electron chi connectivity index (χ0n) is 13.7. The van der Waals surface area contributed by atoms with Crippen LogP contribution in [0.15, 0.2) is 18.2 Å². The summed E-state index contributed by atoms with van der Waals surface area (Å²) in [6, 6.07) is 2.72. The number of ether oxygens (including phenoxy) is 4. The van der Waals surface area contributed by atoms with Crippen LogP contribution in [0.1, 0.15) is 24.2 Å². The first-order valence-electron chi connectivity index (χ1n) is 7.20. The minimum Gasteiger partial charge on any atom is -0.748 e. The summed E-state index contributed by atoms with van der Waals surface area (Å²) in [6.07, 6.45) is -5.93. The molecule has 0 fully saturated rings. The molecule has 1 atom stereocenters. The molecular formula is C14H16F3O8S-. The maximum Gasteiger partial charge on any atom is 0.573 e. The van der Waals surface area contributed by atoms with Crippen LogP contribution in [-0.2, 0) is 19.6 Å². The molecule has 0 saturated carbocycles. The van der Waals surface area contributed by atoms with Crippen LogP contribution in [0.2, 0.25) is 0 Å². The highest BCUT2D eigenvalue weighted by atomic mass is 32.2. The van der Waals surface area contributed by atoms with Gasteiger partial charge in [0.25, 0.3) is 0 Å². The Kier molecular flexibility index (Phi) is 7.66. The van der Waals surface area contributed by atoms with Gasteiger partial charge >= 0.3 is 12.3 Å². The van der Waals surface area contributed by atoms with Crippen LogP contribution in [0.25, 0.3) is 0 Å². The number of hydrogen-bond acceptors (Lipinski definition) is 8. The van der Waals surface area contributed by atoms with Gasteiger partial charge in [0.05, 0.1) is 21.4 Å². The van der Waals surface area contributed by atoms with Crippen molar-refractivity contribution in [3.63, 3.8) is 0 Å². The Balaban J connectivity index is 2.98. The van der Waals surface area contributed by atoms with E-state index in [4.69, 9.17) is 9.47 Å². The van der Waals surface area contributed by atoms with E-state index in [2.05, 4.69) is 9.47 Å². The number of hydrogen-bond donors (Lipinski definition) is 0. The van der Waals surface area contributed by atoms with Crippen molar-refractivity contribution < 1.29 is 49.9 Å². The summed E-state index contributed by atoms with van der Waals surface area (Å²) in [5.41, 5.74) is -0.235. The van der Waals surface area contributed by atoms with E-state index in [0.717, 1.165) is 18.2 Å². The third kappa shape index (κ3) is 8.36. The second kappa shape index (κ2) is 9.05. The summed E-state index contributed by atoms with van der Waals surface area (Å²) in [7, 11) is -4.57. The van der Waals surface area contributed by atoms with E-state index in [9.17, 15) is 30.9 Å². The molecule has 0 aliphatic carbocycles. The zero-order valence-corrected chi connectivity index (χ0v) is 14.6. The molecule has 0 aliphatic heterocycles. The summed E-state index contributed by atoms with van der Waals surface area (Å²) >= 11 is 0. The maximum atomic E-state index is 12.5. The topological polar surface area (TPSA) is 111 Å². The summed E-state index contributed by atoms with van der Waals surface area (Å²) in [4.78, 5) is 11.8. The Bertz CT molecular complexity index is 717. The second-order valence-corrected chi connectivity index (χ2v) is 6.27. The second-order valence-electron chi connectivity index (χ2n) is 4.75. The summed E-state index contributed by atoms with van der Waals surface area (Å²) in [5, 5.41) is 0. The average Bonchev–Trinajstić information content (AvgIpc) is 2.46. The van der Waals surface area contributed by atoms with Gasteiger partial charge < -0.3 is 23.5 Å². The Hall–Kier alpha value is -2.05.